The number of carbonyl (C=O) groups excluding carboxylic acids is 1. The number of para-hydroxylation sites is 2. The molecule has 0 unspecified atom stereocenters. The summed E-state index contributed by atoms with van der Waals surface area (Å²) < 4.78 is 15.0. The molecule has 8 nitrogen and oxygen atoms in total. The quantitative estimate of drug-likeness (QED) is 0.596. The molecule has 128 valence electrons. The minimum absolute atomic E-state index is 0.126. The highest BCUT2D eigenvalue weighted by atomic mass is 19.1. The summed E-state index contributed by atoms with van der Waals surface area (Å²) >= 11 is 0. The number of benzene rings is 2. The summed E-state index contributed by atoms with van der Waals surface area (Å²) in [4.78, 5) is 11.8. The SMILES string of the molecule is O=C(NCCNc1nnnn1-c1ccccc1)Nc1ccccc1F. The van der Waals surface area contributed by atoms with E-state index in [1.165, 1.54) is 12.1 Å². The maximum atomic E-state index is 13.5. The van der Waals surface area contributed by atoms with Gasteiger partial charge in [-0.05, 0) is 34.7 Å². The Bertz CT molecular complexity index is 837. The van der Waals surface area contributed by atoms with Crippen LogP contribution in [0.2, 0.25) is 0 Å². The molecule has 0 atom stereocenters. The summed E-state index contributed by atoms with van der Waals surface area (Å²) in [5.74, 6) is -0.0275. The molecular formula is C16H16FN7O. The fourth-order valence-electron chi connectivity index (χ4n) is 2.12. The lowest BCUT2D eigenvalue weighted by Gasteiger charge is -2.09. The van der Waals surface area contributed by atoms with Gasteiger partial charge in [0.15, 0.2) is 0 Å². The molecule has 0 radical (unpaired) electrons. The van der Waals surface area contributed by atoms with Crippen molar-refractivity contribution in [3.05, 3.63) is 60.4 Å². The van der Waals surface area contributed by atoms with E-state index >= 15 is 0 Å². The summed E-state index contributed by atoms with van der Waals surface area (Å²) in [5.41, 5.74) is 0.946. The van der Waals surface area contributed by atoms with E-state index < -0.39 is 11.8 Å². The Morgan fingerprint density at radius 3 is 2.60 bits per heavy atom. The van der Waals surface area contributed by atoms with Gasteiger partial charge in [0, 0.05) is 13.1 Å². The number of nitrogens with one attached hydrogen (secondary N) is 3. The Morgan fingerprint density at radius 2 is 1.80 bits per heavy atom. The molecule has 0 spiro atoms. The molecule has 0 aliphatic rings. The summed E-state index contributed by atoms with van der Waals surface area (Å²) in [7, 11) is 0. The number of hydrogen-bond donors (Lipinski definition) is 3. The fourth-order valence-corrected chi connectivity index (χ4v) is 2.12. The van der Waals surface area contributed by atoms with Gasteiger partial charge in [-0.15, -0.1) is 0 Å². The van der Waals surface area contributed by atoms with Crippen molar-refractivity contribution in [2.24, 2.45) is 0 Å². The van der Waals surface area contributed by atoms with Crippen LogP contribution in [0.1, 0.15) is 0 Å². The van der Waals surface area contributed by atoms with Crippen molar-refractivity contribution in [2.45, 2.75) is 0 Å². The summed E-state index contributed by atoms with van der Waals surface area (Å²) in [6.07, 6.45) is 0. The van der Waals surface area contributed by atoms with Crippen LogP contribution in [0, 0.1) is 5.82 Å². The van der Waals surface area contributed by atoms with Crippen molar-refractivity contribution in [1.82, 2.24) is 25.5 Å². The number of aromatic nitrogens is 4. The molecule has 3 N–H and O–H groups in total. The van der Waals surface area contributed by atoms with Gasteiger partial charge in [-0.1, -0.05) is 35.4 Å². The lowest BCUT2D eigenvalue weighted by Crippen LogP contribution is -2.33. The predicted molar refractivity (Wildman–Crippen MR) is 91.1 cm³/mol. The number of urea groups is 1. The van der Waals surface area contributed by atoms with E-state index in [1.54, 1.807) is 16.8 Å². The summed E-state index contributed by atoms with van der Waals surface area (Å²) in [6, 6.07) is 14.9. The van der Waals surface area contributed by atoms with E-state index in [4.69, 9.17) is 0 Å². The largest absolute Gasteiger partial charge is 0.351 e. The van der Waals surface area contributed by atoms with E-state index in [-0.39, 0.29) is 5.69 Å². The molecule has 0 saturated heterocycles. The third-order valence-electron chi connectivity index (χ3n) is 3.29. The number of tetrazole rings is 1. The Labute approximate surface area is 143 Å². The van der Waals surface area contributed by atoms with E-state index in [1.807, 2.05) is 30.3 Å². The van der Waals surface area contributed by atoms with Gasteiger partial charge >= 0.3 is 6.03 Å². The van der Waals surface area contributed by atoms with Crippen molar-refractivity contribution < 1.29 is 9.18 Å². The highest BCUT2D eigenvalue weighted by molar-refractivity contribution is 5.89. The van der Waals surface area contributed by atoms with E-state index in [2.05, 4.69) is 31.5 Å². The molecule has 0 aliphatic heterocycles. The molecule has 0 saturated carbocycles. The molecule has 2 amide bonds. The maximum absolute atomic E-state index is 13.5. The van der Waals surface area contributed by atoms with Gasteiger partial charge in [0.1, 0.15) is 5.82 Å². The van der Waals surface area contributed by atoms with Gasteiger partial charge in [0.25, 0.3) is 0 Å². The molecule has 25 heavy (non-hydrogen) atoms. The first-order chi connectivity index (χ1) is 12.2. The van der Waals surface area contributed by atoms with Crippen molar-refractivity contribution in [3.63, 3.8) is 0 Å². The van der Waals surface area contributed by atoms with Crippen molar-refractivity contribution in [1.29, 1.82) is 0 Å². The number of halogens is 1. The van der Waals surface area contributed by atoms with Crippen LogP contribution in [-0.4, -0.2) is 39.3 Å². The smallest absolute Gasteiger partial charge is 0.319 e. The van der Waals surface area contributed by atoms with Crippen LogP contribution in [0.5, 0.6) is 0 Å². The van der Waals surface area contributed by atoms with E-state index in [0.717, 1.165) is 5.69 Å². The molecule has 2 aromatic carbocycles. The first-order valence-corrected chi connectivity index (χ1v) is 7.61. The normalized spacial score (nSPS) is 10.3. The number of carbonyl (C=O) groups is 1. The van der Waals surface area contributed by atoms with Gasteiger partial charge < -0.3 is 16.0 Å². The molecular weight excluding hydrogens is 325 g/mol. The maximum Gasteiger partial charge on any atom is 0.319 e. The summed E-state index contributed by atoms with van der Waals surface area (Å²) in [6.45, 7) is 0.708. The minimum atomic E-state index is -0.491. The molecule has 0 bridgehead atoms. The van der Waals surface area contributed by atoms with Gasteiger partial charge in [-0.25, -0.2) is 9.18 Å². The second-order valence-corrected chi connectivity index (χ2v) is 5.04. The Kier molecular flexibility index (Phi) is 5.15. The number of nitrogens with zero attached hydrogens (tertiary/aromatic N) is 4. The Balaban J connectivity index is 1.47. The third-order valence-corrected chi connectivity index (χ3v) is 3.29. The zero-order chi connectivity index (χ0) is 17.5. The monoisotopic (exact) mass is 341 g/mol. The van der Waals surface area contributed by atoms with Crippen LogP contribution < -0.4 is 16.0 Å². The lowest BCUT2D eigenvalue weighted by atomic mass is 10.3. The van der Waals surface area contributed by atoms with Crippen molar-refractivity contribution >= 4 is 17.7 Å². The highest BCUT2D eigenvalue weighted by Crippen LogP contribution is 2.12. The van der Waals surface area contributed by atoms with Crippen molar-refractivity contribution in [2.75, 3.05) is 23.7 Å². The topological polar surface area (TPSA) is 96.8 Å². The molecule has 9 heteroatoms. The van der Waals surface area contributed by atoms with Crippen LogP contribution in [0.25, 0.3) is 5.69 Å². The predicted octanol–water partition coefficient (Wildman–Crippen LogP) is 2.03. The Morgan fingerprint density at radius 1 is 1.04 bits per heavy atom. The molecule has 1 heterocycles. The van der Waals surface area contributed by atoms with Gasteiger partial charge in [-0.3, -0.25) is 0 Å². The number of rotatable bonds is 6. The first kappa shape index (κ1) is 16.4. The van der Waals surface area contributed by atoms with E-state index in [9.17, 15) is 9.18 Å². The molecule has 3 rings (SSSR count). The van der Waals surface area contributed by atoms with Gasteiger partial charge in [-0.2, -0.15) is 4.68 Å². The zero-order valence-electron chi connectivity index (χ0n) is 13.2. The summed E-state index contributed by atoms with van der Waals surface area (Å²) in [5, 5.41) is 19.6. The van der Waals surface area contributed by atoms with Crippen molar-refractivity contribution in [3.8, 4) is 5.69 Å². The van der Waals surface area contributed by atoms with Gasteiger partial charge in [0.2, 0.25) is 5.95 Å². The fraction of sp³-hybridized carbons (Fsp3) is 0.125. The molecule has 0 fully saturated rings. The second-order valence-electron chi connectivity index (χ2n) is 5.04. The zero-order valence-corrected chi connectivity index (χ0v) is 13.2. The third kappa shape index (κ3) is 4.28. The van der Waals surface area contributed by atoms with Crippen LogP contribution in [-0.2, 0) is 0 Å². The number of hydrogen-bond acceptors (Lipinski definition) is 5. The average Bonchev–Trinajstić information content (AvgIpc) is 3.10. The van der Waals surface area contributed by atoms with Crippen LogP contribution in [0.3, 0.4) is 0 Å². The molecule has 1 aromatic heterocycles. The standard InChI is InChI=1S/C16H16FN7O/c17-13-8-4-5-9-14(13)20-16(25)19-11-10-18-15-21-22-23-24(15)12-6-2-1-3-7-12/h1-9H,10-11H2,(H,18,21,23)(H2,19,20,25). The van der Waals surface area contributed by atoms with Gasteiger partial charge in [0.05, 0.1) is 11.4 Å². The van der Waals surface area contributed by atoms with E-state index in [0.29, 0.717) is 19.0 Å². The average molecular weight is 341 g/mol. The number of amides is 2. The molecule has 3 aromatic rings. The molecule has 0 aliphatic carbocycles. The lowest BCUT2D eigenvalue weighted by molar-refractivity contribution is 0.252. The van der Waals surface area contributed by atoms with Crippen LogP contribution >= 0.6 is 0 Å². The second kappa shape index (κ2) is 7.86. The van der Waals surface area contributed by atoms with Crippen LogP contribution in [0.15, 0.2) is 54.6 Å². The number of anilines is 2. The minimum Gasteiger partial charge on any atom is -0.351 e. The Hall–Kier alpha value is -3.49. The van der Waals surface area contributed by atoms with Crippen LogP contribution in [0.4, 0.5) is 20.8 Å². The first-order valence-electron chi connectivity index (χ1n) is 7.61. The highest BCUT2D eigenvalue weighted by Gasteiger charge is 2.08.